The maximum Gasteiger partial charge on any atom is 0.305 e. The number of carbonyl (C=O) groups excluding carboxylic acids is 2. The van der Waals surface area contributed by atoms with Crippen LogP contribution in [-0.4, -0.2) is 36.2 Å². The molecule has 0 spiro atoms. The number of carbonyl (C=O) groups is 2. The zero-order valence-electron chi connectivity index (χ0n) is 18.7. The predicted octanol–water partition coefficient (Wildman–Crippen LogP) is 3.55. The number of rotatable bonds is 8. The maximum atomic E-state index is 13.4. The lowest BCUT2D eigenvalue weighted by Crippen LogP contribution is -2.16. The average Bonchev–Trinajstić information content (AvgIpc) is 3.02. The third-order valence-corrected chi connectivity index (χ3v) is 6.40. The number of aromatic nitrogens is 2. The molecular weight excluding hydrogens is 404 g/mol. The number of ketones is 1. The van der Waals surface area contributed by atoms with Gasteiger partial charge in [0.05, 0.1) is 22.3 Å². The number of sulfone groups is 1. The van der Waals surface area contributed by atoms with Crippen LogP contribution in [-0.2, 0) is 32.5 Å². The molecule has 0 saturated heterocycles. The van der Waals surface area contributed by atoms with Crippen molar-refractivity contribution in [3.8, 4) is 0 Å². The van der Waals surface area contributed by atoms with Crippen molar-refractivity contribution in [3.05, 3.63) is 45.8 Å². The van der Waals surface area contributed by atoms with Gasteiger partial charge < -0.3 is 4.74 Å². The van der Waals surface area contributed by atoms with Crippen LogP contribution in [0.2, 0.25) is 0 Å². The molecule has 0 atom stereocenters. The van der Waals surface area contributed by atoms with Gasteiger partial charge in [-0.15, -0.1) is 0 Å². The first kappa shape index (κ1) is 23.8. The van der Waals surface area contributed by atoms with Gasteiger partial charge in [-0.1, -0.05) is 20.8 Å². The van der Waals surface area contributed by atoms with Crippen LogP contribution in [0.25, 0.3) is 0 Å². The summed E-state index contributed by atoms with van der Waals surface area (Å²) in [6.45, 7) is 11.4. The van der Waals surface area contributed by atoms with E-state index in [-0.39, 0.29) is 35.6 Å². The number of ether oxygens (including phenoxy) is 1. The number of hydrogen-bond acceptors (Lipinski definition) is 6. The van der Waals surface area contributed by atoms with E-state index in [9.17, 15) is 18.0 Å². The number of aryl methyl sites for hydroxylation is 1. The Balaban J connectivity index is 2.58. The van der Waals surface area contributed by atoms with Crippen LogP contribution in [0.1, 0.15) is 65.5 Å². The minimum atomic E-state index is -3.42. The van der Waals surface area contributed by atoms with Crippen LogP contribution in [0.3, 0.4) is 0 Å². The summed E-state index contributed by atoms with van der Waals surface area (Å²) in [5.41, 5.74) is 3.02. The van der Waals surface area contributed by atoms with E-state index in [0.717, 1.165) is 0 Å². The molecule has 1 aromatic heterocycles. The van der Waals surface area contributed by atoms with Gasteiger partial charge in [0.1, 0.15) is 6.61 Å². The fourth-order valence-corrected chi connectivity index (χ4v) is 4.87. The molecule has 0 aliphatic carbocycles. The lowest BCUT2D eigenvalue weighted by molar-refractivity contribution is -0.144. The highest BCUT2D eigenvalue weighted by Gasteiger charge is 2.25. The standard InChI is InChI=1S/C22H30N2O5S/c1-8-20(25)29-12-19-18(10-23-24(19)11-13(2)3)21(26)17-9-14(4)22(30(7,27)28)16(6)15(17)5/h9-10,13H,8,11-12H2,1-7H3. The fourth-order valence-electron chi connectivity index (χ4n) is 3.52. The highest BCUT2D eigenvalue weighted by Crippen LogP contribution is 2.28. The smallest absolute Gasteiger partial charge is 0.305 e. The summed E-state index contributed by atoms with van der Waals surface area (Å²) in [4.78, 5) is 25.4. The van der Waals surface area contributed by atoms with Crippen LogP contribution in [0, 0.1) is 26.7 Å². The monoisotopic (exact) mass is 434 g/mol. The average molecular weight is 435 g/mol. The van der Waals surface area contributed by atoms with Crippen molar-refractivity contribution in [1.29, 1.82) is 0 Å². The van der Waals surface area contributed by atoms with Crippen LogP contribution in [0.15, 0.2) is 17.2 Å². The first-order valence-electron chi connectivity index (χ1n) is 9.94. The highest BCUT2D eigenvalue weighted by molar-refractivity contribution is 7.90. The molecule has 0 bridgehead atoms. The lowest BCUT2D eigenvalue weighted by Gasteiger charge is -2.16. The molecular formula is C22H30N2O5S. The summed E-state index contributed by atoms with van der Waals surface area (Å²) in [7, 11) is -3.42. The Kier molecular flexibility index (Phi) is 7.23. The maximum absolute atomic E-state index is 13.4. The second-order valence-corrected chi connectivity index (χ2v) is 9.97. The molecule has 0 saturated carbocycles. The van der Waals surface area contributed by atoms with Crippen LogP contribution < -0.4 is 0 Å². The normalized spacial score (nSPS) is 11.7. The summed E-state index contributed by atoms with van der Waals surface area (Å²) in [6.07, 6.45) is 2.90. The second kappa shape index (κ2) is 9.12. The number of benzene rings is 1. The van der Waals surface area contributed by atoms with Crippen LogP contribution >= 0.6 is 0 Å². The number of nitrogens with zero attached hydrogens (tertiary/aromatic N) is 2. The number of hydrogen-bond donors (Lipinski definition) is 0. The molecule has 1 heterocycles. The van der Waals surface area contributed by atoms with Gasteiger partial charge in [-0.25, -0.2) is 8.42 Å². The fraction of sp³-hybridized carbons (Fsp3) is 0.500. The van der Waals surface area contributed by atoms with Gasteiger partial charge >= 0.3 is 5.97 Å². The number of esters is 1. The van der Waals surface area contributed by atoms with Crippen molar-refractivity contribution >= 4 is 21.6 Å². The zero-order chi connectivity index (χ0) is 22.8. The van der Waals surface area contributed by atoms with E-state index in [2.05, 4.69) is 5.10 Å². The summed E-state index contributed by atoms with van der Waals surface area (Å²) in [5, 5.41) is 4.35. The first-order valence-corrected chi connectivity index (χ1v) is 11.8. The summed E-state index contributed by atoms with van der Waals surface area (Å²) < 4.78 is 31.3. The predicted molar refractivity (Wildman–Crippen MR) is 114 cm³/mol. The highest BCUT2D eigenvalue weighted by atomic mass is 32.2. The zero-order valence-corrected chi connectivity index (χ0v) is 19.5. The molecule has 0 aliphatic heterocycles. The summed E-state index contributed by atoms with van der Waals surface area (Å²) in [6, 6.07) is 1.61. The van der Waals surface area contributed by atoms with Crippen LogP contribution in [0.5, 0.6) is 0 Å². The second-order valence-electron chi connectivity index (χ2n) is 8.02. The largest absolute Gasteiger partial charge is 0.459 e. The Labute approximate surface area is 178 Å². The van der Waals surface area contributed by atoms with E-state index in [1.807, 2.05) is 13.8 Å². The first-order chi connectivity index (χ1) is 13.9. The molecule has 0 N–H and O–H groups in total. The van der Waals surface area contributed by atoms with Gasteiger partial charge in [-0.05, 0) is 49.4 Å². The van der Waals surface area contributed by atoms with Gasteiger partial charge in [-0.3, -0.25) is 14.3 Å². The van der Waals surface area contributed by atoms with E-state index < -0.39 is 9.84 Å². The Hall–Kier alpha value is -2.48. The Morgan fingerprint density at radius 1 is 1.13 bits per heavy atom. The van der Waals surface area contributed by atoms with E-state index in [0.29, 0.717) is 40.1 Å². The van der Waals surface area contributed by atoms with Crippen LogP contribution in [0.4, 0.5) is 0 Å². The minimum Gasteiger partial charge on any atom is -0.459 e. The molecule has 1 aromatic carbocycles. The molecule has 2 rings (SSSR count). The van der Waals surface area contributed by atoms with Crippen molar-refractivity contribution in [2.75, 3.05) is 6.26 Å². The van der Waals surface area contributed by atoms with Crippen molar-refractivity contribution in [3.63, 3.8) is 0 Å². The van der Waals surface area contributed by atoms with Crippen molar-refractivity contribution in [1.82, 2.24) is 9.78 Å². The third-order valence-electron chi connectivity index (χ3n) is 5.03. The van der Waals surface area contributed by atoms with Gasteiger partial charge in [0, 0.05) is 24.8 Å². The van der Waals surface area contributed by atoms with Crippen molar-refractivity contribution in [2.45, 2.75) is 66.0 Å². The van der Waals surface area contributed by atoms with E-state index in [4.69, 9.17) is 4.74 Å². The van der Waals surface area contributed by atoms with Gasteiger partial charge in [0.2, 0.25) is 0 Å². The van der Waals surface area contributed by atoms with Crippen molar-refractivity contribution in [2.24, 2.45) is 5.92 Å². The molecule has 164 valence electrons. The van der Waals surface area contributed by atoms with Crippen molar-refractivity contribution < 1.29 is 22.7 Å². The Bertz CT molecular complexity index is 1080. The Morgan fingerprint density at radius 2 is 1.77 bits per heavy atom. The van der Waals surface area contributed by atoms with E-state index in [1.54, 1.807) is 38.4 Å². The molecule has 0 aliphatic rings. The summed E-state index contributed by atoms with van der Waals surface area (Å²) in [5.74, 6) is -0.337. The quantitative estimate of drug-likeness (QED) is 0.466. The van der Waals surface area contributed by atoms with E-state index >= 15 is 0 Å². The summed E-state index contributed by atoms with van der Waals surface area (Å²) >= 11 is 0. The Morgan fingerprint density at radius 3 is 2.30 bits per heavy atom. The molecule has 0 unspecified atom stereocenters. The molecule has 0 amide bonds. The molecule has 7 nitrogen and oxygen atoms in total. The minimum absolute atomic E-state index is 0.0428. The van der Waals surface area contributed by atoms with Gasteiger partial charge in [-0.2, -0.15) is 5.10 Å². The molecule has 8 heteroatoms. The molecule has 2 aromatic rings. The molecule has 0 fully saturated rings. The van der Waals surface area contributed by atoms with Gasteiger partial charge in [0.15, 0.2) is 15.6 Å². The van der Waals surface area contributed by atoms with E-state index in [1.165, 1.54) is 12.5 Å². The molecule has 30 heavy (non-hydrogen) atoms. The molecule has 0 radical (unpaired) electrons. The lowest BCUT2D eigenvalue weighted by atomic mass is 9.94. The SMILES string of the molecule is CCC(=O)OCc1c(C(=O)c2cc(C)c(S(C)(=O)=O)c(C)c2C)cnn1CC(C)C. The van der Waals surface area contributed by atoms with Gasteiger partial charge in [0.25, 0.3) is 0 Å². The topological polar surface area (TPSA) is 95.3 Å². The third kappa shape index (κ3) is 4.98.